The lowest BCUT2D eigenvalue weighted by Gasteiger charge is -2.23. The second kappa shape index (κ2) is 6.92. The lowest BCUT2D eigenvalue weighted by atomic mass is 9.87. The summed E-state index contributed by atoms with van der Waals surface area (Å²) >= 11 is 1.44. The van der Waals surface area contributed by atoms with E-state index in [-0.39, 0.29) is 23.7 Å². The molecule has 0 bridgehead atoms. The largest absolute Gasteiger partial charge is 0.326 e. The quantitative estimate of drug-likeness (QED) is 0.857. The Hall–Kier alpha value is -2.27. The standard InChI is InChI=1S/C20H22N2O2S/c1-20(2,3)13-8-10-14(11-9-13)21-18(23)12-17-19(24)22-15-6-4-5-7-16(15)25-17/h4-11,17H,12H2,1-3H3,(H,21,23)(H,22,24)/t17-/m1/s1. The van der Waals surface area contributed by atoms with Crippen molar-refractivity contribution < 1.29 is 9.59 Å². The molecule has 2 aromatic carbocycles. The number of benzene rings is 2. The Morgan fingerprint density at radius 1 is 1.12 bits per heavy atom. The van der Waals surface area contributed by atoms with Crippen LogP contribution in [0.25, 0.3) is 0 Å². The molecule has 0 saturated heterocycles. The number of rotatable bonds is 3. The zero-order chi connectivity index (χ0) is 18.0. The van der Waals surface area contributed by atoms with Gasteiger partial charge in [0.25, 0.3) is 0 Å². The van der Waals surface area contributed by atoms with E-state index in [9.17, 15) is 9.59 Å². The molecule has 0 aliphatic carbocycles. The van der Waals surface area contributed by atoms with Crippen LogP contribution < -0.4 is 10.6 Å². The highest BCUT2D eigenvalue weighted by Gasteiger charge is 2.28. The first-order valence-corrected chi connectivity index (χ1v) is 9.18. The normalized spacial score (nSPS) is 16.8. The fraction of sp³-hybridized carbons (Fsp3) is 0.300. The SMILES string of the molecule is CC(C)(C)c1ccc(NC(=O)C[C@H]2Sc3ccccc3NC2=O)cc1. The van der Waals surface area contributed by atoms with Gasteiger partial charge >= 0.3 is 0 Å². The zero-order valence-corrected chi connectivity index (χ0v) is 15.4. The molecule has 0 radical (unpaired) electrons. The van der Waals surface area contributed by atoms with Crippen molar-refractivity contribution in [3.05, 3.63) is 54.1 Å². The summed E-state index contributed by atoms with van der Waals surface area (Å²) in [6, 6.07) is 15.5. The Kier molecular flexibility index (Phi) is 4.86. The van der Waals surface area contributed by atoms with E-state index in [0.717, 1.165) is 16.3 Å². The highest BCUT2D eigenvalue weighted by atomic mass is 32.2. The molecule has 3 rings (SSSR count). The van der Waals surface area contributed by atoms with E-state index in [1.54, 1.807) is 0 Å². The van der Waals surface area contributed by atoms with Crippen molar-refractivity contribution in [2.75, 3.05) is 10.6 Å². The Labute approximate surface area is 152 Å². The van der Waals surface area contributed by atoms with Gasteiger partial charge in [0.05, 0.1) is 10.9 Å². The van der Waals surface area contributed by atoms with Crippen molar-refractivity contribution in [3.63, 3.8) is 0 Å². The number of hydrogen-bond donors (Lipinski definition) is 2. The maximum atomic E-state index is 12.3. The second-order valence-electron chi connectivity index (χ2n) is 7.17. The number of fused-ring (bicyclic) bond motifs is 1. The average Bonchev–Trinajstić information content (AvgIpc) is 2.55. The van der Waals surface area contributed by atoms with Gasteiger partial charge in [-0.05, 0) is 35.2 Å². The summed E-state index contributed by atoms with van der Waals surface area (Å²) in [4.78, 5) is 25.5. The Bertz CT molecular complexity index is 794. The number of amides is 2. The summed E-state index contributed by atoms with van der Waals surface area (Å²) in [5, 5.41) is 5.33. The van der Waals surface area contributed by atoms with Gasteiger partial charge in [-0.3, -0.25) is 9.59 Å². The highest BCUT2D eigenvalue weighted by Crippen LogP contribution is 2.36. The Balaban J connectivity index is 1.62. The highest BCUT2D eigenvalue weighted by molar-refractivity contribution is 8.01. The topological polar surface area (TPSA) is 58.2 Å². The molecule has 130 valence electrons. The Morgan fingerprint density at radius 3 is 2.48 bits per heavy atom. The van der Waals surface area contributed by atoms with E-state index in [2.05, 4.69) is 31.4 Å². The summed E-state index contributed by atoms with van der Waals surface area (Å²) in [6.45, 7) is 6.45. The van der Waals surface area contributed by atoms with Crippen molar-refractivity contribution in [2.45, 2.75) is 42.8 Å². The molecular formula is C20H22N2O2S. The van der Waals surface area contributed by atoms with E-state index in [0.29, 0.717) is 0 Å². The molecular weight excluding hydrogens is 332 g/mol. The van der Waals surface area contributed by atoms with Crippen LogP contribution in [0.5, 0.6) is 0 Å². The summed E-state index contributed by atoms with van der Waals surface area (Å²) in [7, 11) is 0. The number of hydrogen-bond acceptors (Lipinski definition) is 3. The zero-order valence-electron chi connectivity index (χ0n) is 14.6. The average molecular weight is 354 g/mol. The molecule has 1 atom stereocenters. The first kappa shape index (κ1) is 17.5. The van der Waals surface area contributed by atoms with Gasteiger partial charge in [0.2, 0.25) is 11.8 Å². The van der Waals surface area contributed by atoms with Crippen LogP contribution in [-0.4, -0.2) is 17.1 Å². The minimum absolute atomic E-state index is 0.0761. The first-order chi connectivity index (χ1) is 11.8. The van der Waals surface area contributed by atoms with Crippen molar-refractivity contribution >= 4 is 35.0 Å². The molecule has 2 amide bonds. The number of thioether (sulfide) groups is 1. The Morgan fingerprint density at radius 2 is 1.80 bits per heavy atom. The fourth-order valence-corrected chi connectivity index (χ4v) is 3.77. The van der Waals surface area contributed by atoms with E-state index in [4.69, 9.17) is 0 Å². The monoisotopic (exact) mass is 354 g/mol. The van der Waals surface area contributed by atoms with Crippen LogP contribution in [0.2, 0.25) is 0 Å². The molecule has 0 unspecified atom stereocenters. The van der Waals surface area contributed by atoms with E-state index in [1.807, 2.05) is 48.5 Å². The van der Waals surface area contributed by atoms with Crippen molar-refractivity contribution in [1.29, 1.82) is 0 Å². The predicted molar refractivity (Wildman–Crippen MR) is 103 cm³/mol. The molecule has 0 aromatic heterocycles. The van der Waals surface area contributed by atoms with Crippen LogP contribution in [0.3, 0.4) is 0 Å². The minimum atomic E-state index is -0.413. The number of para-hydroxylation sites is 1. The van der Waals surface area contributed by atoms with Gasteiger partial charge in [-0.25, -0.2) is 0 Å². The van der Waals surface area contributed by atoms with Crippen molar-refractivity contribution in [2.24, 2.45) is 0 Å². The number of anilines is 2. The van der Waals surface area contributed by atoms with Crippen LogP contribution in [0.4, 0.5) is 11.4 Å². The van der Waals surface area contributed by atoms with Gasteiger partial charge in [-0.15, -0.1) is 11.8 Å². The van der Waals surface area contributed by atoms with E-state index >= 15 is 0 Å². The molecule has 1 heterocycles. The molecule has 1 aliphatic rings. The maximum absolute atomic E-state index is 12.3. The minimum Gasteiger partial charge on any atom is -0.326 e. The van der Waals surface area contributed by atoms with Crippen LogP contribution in [0.1, 0.15) is 32.8 Å². The molecule has 5 heteroatoms. The molecule has 25 heavy (non-hydrogen) atoms. The molecule has 0 fully saturated rings. The lowest BCUT2D eigenvalue weighted by Crippen LogP contribution is -2.32. The van der Waals surface area contributed by atoms with E-state index < -0.39 is 5.25 Å². The van der Waals surface area contributed by atoms with Gasteiger partial charge in [0.15, 0.2) is 0 Å². The summed E-state index contributed by atoms with van der Waals surface area (Å²) < 4.78 is 0. The van der Waals surface area contributed by atoms with E-state index in [1.165, 1.54) is 17.3 Å². The first-order valence-electron chi connectivity index (χ1n) is 8.30. The molecule has 1 aliphatic heterocycles. The van der Waals surface area contributed by atoms with Crippen LogP contribution in [0.15, 0.2) is 53.4 Å². The van der Waals surface area contributed by atoms with Gasteiger partial charge in [-0.2, -0.15) is 0 Å². The molecule has 2 N–H and O–H groups in total. The second-order valence-corrected chi connectivity index (χ2v) is 8.42. The van der Waals surface area contributed by atoms with Crippen molar-refractivity contribution in [1.82, 2.24) is 0 Å². The van der Waals surface area contributed by atoms with Crippen LogP contribution >= 0.6 is 11.8 Å². The fourth-order valence-electron chi connectivity index (χ4n) is 2.66. The molecule has 0 saturated carbocycles. The maximum Gasteiger partial charge on any atom is 0.238 e. The lowest BCUT2D eigenvalue weighted by molar-refractivity contribution is -0.120. The third-order valence-corrected chi connectivity index (χ3v) is 5.39. The summed E-state index contributed by atoms with van der Waals surface area (Å²) in [6.07, 6.45) is 0.145. The smallest absolute Gasteiger partial charge is 0.238 e. The third-order valence-electron chi connectivity index (χ3n) is 4.11. The number of carbonyl (C=O) groups excluding carboxylic acids is 2. The summed E-state index contributed by atoms with van der Waals surface area (Å²) in [5.41, 5.74) is 2.85. The number of nitrogens with one attached hydrogen (secondary N) is 2. The van der Waals surface area contributed by atoms with Crippen molar-refractivity contribution in [3.8, 4) is 0 Å². The van der Waals surface area contributed by atoms with Gasteiger partial charge in [-0.1, -0.05) is 45.0 Å². The summed E-state index contributed by atoms with van der Waals surface area (Å²) in [5.74, 6) is -0.280. The van der Waals surface area contributed by atoms with Gasteiger partial charge in [0.1, 0.15) is 0 Å². The van der Waals surface area contributed by atoms with Crippen LogP contribution in [-0.2, 0) is 15.0 Å². The molecule has 4 nitrogen and oxygen atoms in total. The van der Waals surface area contributed by atoms with Crippen LogP contribution in [0, 0.1) is 0 Å². The number of carbonyl (C=O) groups is 2. The third kappa shape index (κ3) is 4.23. The molecule has 0 spiro atoms. The van der Waals surface area contributed by atoms with Gasteiger partial charge in [0, 0.05) is 17.0 Å². The predicted octanol–water partition coefficient (Wildman–Crippen LogP) is 4.43. The molecule has 2 aromatic rings. The van der Waals surface area contributed by atoms with Gasteiger partial charge < -0.3 is 10.6 Å².